The van der Waals surface area contributed by atoms with Gasteiger partial charge in [-0.15, -0.1) is 0 Å². The van der Waals surface area contributed by atoms with Crippen molar-refractivity contribution in [2.45, 2.75) is 13.5 Å². The van der Waals surface area contributed by atoms with E-state index >= 15 is 0 Å². The molecule has 0 aliphatic rings. The van der Waals surface area contributed by atoms with Crippen LogP contribution >= 0.6 is 15.9 Å². The van der Waals surface area contributed by atoms with Crippen LogP contribution in [0, 0.1) is 12.7 Å². The van der Waals surface area contributed by atoms with Gasteiger partial charge in [0.25, 0.3) is 0 Å². The predicted molar refractivity (Wildman–Crippen MR) is 77.9 cm³/mol. The van der Waals surface area contributed by atoms with Crippen molar-refractivity contribution in [2.24, 2.45) is 7.05 Å². The minimum atomic E-state index is -0.410. The third kappa shape index (κ3) is 3.57. The zero-order valence-corrected chi connectivity index (χ0v) is 12.7. The highest BCUT2D eigenvalue weighted by Crippen LogP contribution is 2.15. The average Bonchev–Trinajstić information content (AvgIpc) is 2.69. The molecule has 2 N–H and O–H groups in total. The fraction of sp³-hybridized carbons (Fsp3) is 0.231. The number of hydrogen-bond acceptors (Lipinski definition) is 2. The summed E-state index contributed by atoms with van der Waals surface area (Å²) in [5, 5.41) is 9.37. The number of aromatic nitrogens is 2. The molecular formula is C13H14BrFN4O. The minimum absolute atomic E-state index is 0.105. The van der Waals surface area contributed by atoms with Gasteiger partial charge in [-0.3, -0.25) is 10.00 Å². The first-order valence-corrected chi connectivity index (χ1v) is 6.74. The second-order valence-corrected chi connectivity index (χ2v) is 5.25. The summed E-state index contributed by atoms with van der Waals surface area (Å²) in [6.07, 6.45) is 0. The van der Waals surface area contributed by atoms with Crippen molar-refractivity contribution >= 4 is 27.8 Å². The van der Waals surface area contributed by atoms with Crippen LogP contribution in [0.3, 0.4) is 0 Å². The molecule has 0 aliphatic carbocycles. The Bertz CT molecular complexity index is 641. The minimum Gasteiger partial charge on any atom is -0.334 e. The Hall–Kier alpha value is -1.89. The SMILES string of the molecule is Cc1cc(NC(=O)NCc2cc(Br)ccc2F)n(C)n1. The van der Waals surface area contributed by atoms with E-state index in [0.29, 0.717) is 11.4 Å². The van der Waals surface area contributed by atoms with E-state index in [-0.39, 0.29) is 12.4 Å². The lowest BCUT2D eigenvalue weighted by Gasteiger charge is -2.08. The molecule has 0 atom stereocenters. The summed E-state index contributed by atoms with van der Waals surface area (Å²) in [6.45, 7) is 1.94. The van der Waals surface area contributed by atoms with Gasteiger partial charge < -0.3 is 5.32 Å². The van der Waals surface area contributed by atoms with Crippen molar-refractivity contribution in [1.29, 1.82) is 0 Å². The number of nitrogens with zero attached hydrogens (tertiary/aromatic N) is 2. The van der Waals surface area contributed by atoms with Crippen LogP contribution in [0.2, 0.25) is 0 Å². The molecule has 0 saturated carbocycles. The van der Waals surface area contributed by atoms with E-state index < -0.39 is 6.03 Å². The fourth-order valence-electron chi connectivity index (χ4n) is 1.74. The highest BCUT2D eigenvalue weighted by atomic mass is 79.9. The summed E-state index contributed by atoms with van der Waals surface area (Å²) in [4.78, 5) is 11.7. The van der Waals surface area contributed by atoms with Crippen molar-refractivity contribution in [1.82, 2.24) is 15.1 Å². The molecule has 0 radical (unpaired) electrons. The molecular weight excluding hydrogens is 327 g/mol. The highest BCUT2D eigenvalue weighted by Gasteiger charge is 2.08. The van der Waals surface area contributed by atoms with Crippen LogP contribution in [0.15, 0.2) is 28.7 Å². The summed E-state index contributed by atoms with van der Waals surface area (Å²) in [5.41, 5.74) is 1.22. The molecule has 2 amide bonds. The average molecular weight is 341 g/mol. The molecule has 0 aliphatic heterocycles. The molecule has 1 heterocycles. The van der Waals surface area contributed by atoms with E-state index in [1.807, 2.05) is 6.92 Å². The first-order valence-electron chi connectivity index (χ1n) is 5.95. The van der Waals surface area contributed by atoms with E-state index in [0.717, 1.165) is 10.2 Å². The Balaban J connectivity index is 1.95. The van der Waals surface area contributed by atoms with Crippen LogP contribution in [0.5, 0.6) is 0 Å². The van der Waals surface area contributed by atoms with Gasteiger partial charge in [0, 0.05) is 29.7 Å². The van der Waals surface area contributed by atoms with E-state index in [9.17, 15) is 9.18 Å². The molecule has 0 bridgehead atoms. The molecule has 0 spiro atoms. The van der Waals surface area contributed by atoms with E-state index in [4.69, 9.17) is 0 Å². The Morgan fingerprint density at radius 3 is 2.85 bits per heavy atom. The number of carbonyl (C=O) groups is 1. The zero-order chi connectivity index (χ0) is 14.7. The number of nitrogens with one attached hydrogen (secondary N) is 2. The number of urea groups is 1. The largest absolute Gasteiger partial charge is 0.334 e. The smallest absolute Gasteiger partial charge is 0.320 e. The van der Waals surface area contributed by atoms with Gasteiger partial charge in [-0.25, -0.2) is 9.18 Å². The lowest BCUT2D eigenvalue weighted by Crippen LogP contribution is -2.29. The summed E-state index contributed by atoms with van der Waals surface area (Å²) in [7, 11) is 1.73. The molecule has 5 nitrogen and oxygen atoms in total. The second kappa shape index (κ2) is 6.04. The summed E-state index contributed by atoms with van der Waals surface area (Å²) >= 11 is 3.26. The van der Waals surface area contributed by atoms with Gasteiger partial charge in [0.05, 0.1) is 5.69 Å². The number of rotatable bonds is 3. The monoisotopic (exact) mass is 340 g/mol. The maximum Gasteiger partial charge on any atom is 0.320 e. The normalized spacial score (nSPS) is 10.4. The molecule has 0 saturated heterocycles. The van der Waals surface area contributed by atoms with Gasteiger partial charge in [-0.2, -0.15) is 5.10 Å². The first-order chi connectivity index (χ1) is 9.45. The molecule has 1 aromatic heterocycles. The van der Waals surface area contributed by atoms with E-state index in [2.05, 4.69) is 31.7 Å². The fourth-order valence-corrected chi connectivity index (χ4v) is 2.15. The van der Waals surface area contributed by atoms with E-state index in [1.54, 1.807) is 29.9 Å². The van der Waals surface area contributed by atoms with Gasteiger partial charge in [-0.05, 0) is 25.1 Å². The lowest BCUT2D eigenvalue weighted by molar-refractivity contribution is 0.251. The van der Waals surface area contributed by atoms with Crippen LogP contribution < -0.4 is 10.6 Å². The zero-order valence-electron chi connectivity index (χ0n) is 11.1. The number of halogens is 2. The van der Waals surface area contributed by atoms with Crippen LogP contribution in [-0.4, -0.2) is 15.8 Å². The van der Waals surface area contributed by atoms with E-state index in [1.165, 1.54) is 6.07 Å². The molecule has 20 heavy (non-hydrogen) atoms. The van der Waals surface area contributed by atoms with Crippen molar-refractivity contribution in [2.75, 3.05) is 5.32 Å². The maximum absolute atomic E-state index is 13.5. The topological polar surface area (TPSA) is 59.0 Å². The third-order valence-electron chi connectivity index (χ3n) is 2.69. The highest BCUT2D eigenvalue weighted by molar-refractivity contribution is 9.10. The molecule has 7 heteroatoms. The number of carbonyl (C=O) groups excluding carboxylic acids is 1. The Morgan fingerprint density at radius 2 is 2.20 bits per heavy atom. The van der Waals surface area contributed by atoms with Gasteiger partial charge in [0.1, 0.15) is 11.6 Å². The number of anilines is 1. The number of amides is 2. The third-order valence-corrected chi connectivity index (χ3v) is 3.18. The van der Waals surface area contributed by atoms with Crippen molar-refractivity contribution in [3.63, 3.8) is 0 Å². The lowest BCUT2D eigenvalue weighted by atomic mass is 10.2. The molecule has 2 aromatic rings. The number of hydrogen-bond donors (Lipinski definition) is 2. The molecule has 0 unspecified atom stereocenters. The first kappa shape index (κ1) is 14.5. The summed E-state index contributed by atoms with van der Waals surface area (Å²) in [5.74, 6) is 0.222. The Kier molecular flexibility index (Phi) is 4.39. The standard InChI is InChI=1S/C13H14BrFN4O/c1-8-5-12(19(2)18-8)17-13(20)16-7-9-6-10(14)3-4-11(9)15/h3-6H,7H2,1-2H3,(H2,16,17,20). The van der Waals surface area contributed by atoms with Crippen LogP contribution in [0.25, 0.3) is 0 Å². The van der Waals surface area contributed by atoms with Crippen molar-refractivity contribution in [3.05, 3.63) is 45.8 Å². The number of aryl methyl sites for hydroxylation is 2. The van der Waals surface area contributed by atoms with Crippen molar-refractivity contribution < 1.29 is 9.18 Å². The quantitative estimate of drug-likeness (QED) is 0.902. The predicted octanol–water partition coefficient (Wildman–Crippen LogP) is 2.95. The van der Waals surface area contributed by atoms with Crippen LogP contribution in [0.4, 0.5) is 15.0 Å². The van der Waals surface area contributed by atoms with Gasteiger partial charge in [0.15, 0.2) is 0 Å². The van der Waals surface area contributed by atoms with Gasteiger partial charge in [-0.1, -0.05) is 15.9 Å². The molecule has 2 rings (SSSR count). The van der Waals surface area contributed by atoms with Crippen LogP contribution in [0.1, 0.15) is 11.3 Å². The number of benzene rings is 1. The molecule has 106 valence electrons. The Morgan fingerprint density at radius 1 is 1.45 bits per heavy atom. The van der Waals surface area contributed by atoms with Crippen molar-refractivity contribution in [3.8, 4) is 0 Å². The summed E-state index contributed by atoms with van der Waals surface area (Å²) < 4.78 is 15.8. The second-order valence-electron chi connectivity index (χ2n) is 4.34. The molecule has 1 aromatic carbocycles. The summed E-state index contributed by atoms with van der Waals surface area (Å²) in [6, 6.07) is 5.93. The molecule has 0 fully saturated rings. The van der Waals surface area contributed by atoms with Gasteiger partial charge in [0.2, 0.25) is 0 Å². The maximum atomic E-state index is 13.5. The Labute approximate surface area is 124 Å². The van der Waals surface area contributed by atoms with Crippen LogP contribution in [-0.2, 0) is 13.6 Å². The van der Waals surface area contributed by atoms with Gasteiger partial charge >= 0.3 is 6.03 Å².